The Morgan fingerprint density at radius 1 is 1.14 bits per heavy atom. The fourth-order valence-electron chi connectivity index (χ4n) is 4.46. The number of likely N-dealkylation sites (tertiary alicyclic amines) is 1. The highest BCUT2D eigenvalue weighted by Gasteiger charge is 2.30. The van der Waals surface area contributed by atoms with Crippen LogP contribution in [0.5, 0.6) is 5.75 Å². The molecule has 36 heavy (non-hydrogen) atoms. The molecule has 10 heteroatoms. The number of fused-ring (bicyclic) bond motifs is 1. The highest BCUT2D eigenvalue weighted by molar-refractivity contribution is 6.04. The summed E-state index contributed by atoms with van der Waals surface area (Å²) in [6.45, 7) is 3.08. The second-order valence-electron chi connectivity index (χ2n) is 8.54. The van der Waals surface area contributed by atoms with Crippen molar-refractivity contribution in [3.8, 4) is 17.1 Å². The number of aromatic hydroxyl groups is 1. The lowest BCUT2D eigenvalue weighted by Crippen LogP contribution is -2.26. The summed E-state index contributed by atoms with van der Waals surface area (Å²) in [4.78, 5) is 40.0. The molecule has 1 fully saturated rings. The van der Waals surface area contributed by atoms with Gasteiger partial charge in [-0.25, -0.2) is 15.0 Å². The molecule has 0 radical (unpaired) electrons. The highest BCUT2D eigenvalue weighted by atomic mass is 16.3. The molecule has 1 atom stereocenters. The molecule has 1 aromatic carbocycles. The van der Waals surface area contributed by atoms with E-state index in [0.717, 1.165) is 23.2 Å². The number of pyridine rings is 1. The minimum absolute atomic E-state index is 0.000278. The zero-order valence-electron chi connectivity index (χ0n) is 19.6. The van der Waals surface area contributed by atoms with Gasteiger partial charge in [0.2, 0.25) is 11.9 Å². The van der Waals surface area contributed by atoms with Gasteiger partial charge in [-0.2, -0.15) is 0 Å². The SMILES string of the molecule is C/C=C/C(=O)N1CCC(c2nc(-c3ccc(C(=O)Nc4cc(O)ccn4)cc3)n3c(N)nccc23)C1. The van der Waals surface area contributed by atoms with E-state index >= 15 is 0 Å². The minimum atomic E-state index is -0.355. The van der Waals surface area contributed by atoms with Gasteiger partial charge in [-0.15, -0.1) is 0 Å². The summed E-state index contributed by atoms with van der Waals surface area (Å²) in [6, 6.07) is 11.6. The molecule has 4 heterocycles. The number of anilines is 2. The number of carbonyl (C=O) groups excluding carboxylic acids is 2. The van der Waals surface area contributed by atoms with Crippen molar-refractivity contribution in [3.05, 3.63) is 78.3 Å². The van der Waals surface area contributed by atoms with Gasteiger partial charge in [0, 0.05) is 48.6 Å². The van der Waals surface area contributed by atoms with Crippen LogP contribution in [0.1, 0.15) is 35.3 Å². The summed E-state index contributed by atoms with van der Waals surface area (Å²) in [6.07, 6.45) is 7.19. The van der Waals surface area contributed by atoms with Crippen LogP contribution in [0.2, 0.25) is 0 Å². The lowest BCUT2D eigenvalue weighted by Gasteiger charge is -2.13. The van der Waals surface area contributed by atoms with Crippen molar-refractivity contribution in [2.24, 2.45) is 0 Å². The summed E-state index contributed by atoms with van der Waals surface area (Å²) in [7, 11) is 0. The number of imidazole rings is 1. The third-order valence-corrected chi connectivity index (χ3v) is 6.20. The topological polar surface area (TPSA) is 139 Å². The van der Waals surface area contributed by atoms with E-state index in [1.54, 1.807) is 47.0 Å². The first-order valence-corrected chi connectivity index (χ1v) is 11.6. The maximum absolute atomic E-state index is 12.6. The number of carbonyl (C=O) groups is 2. The van der Waals surface area contributed by atoms with Crippen LogP contribution in [0.4, 0.5) is 11.8 Å². The molecule has 0 saturated carbocycles. The Kier molecular flexibility index (Phi) is 6.07. The highest BCUT2D eigenvalue weighted by Crippen LogP contribution is 2.34. The van der Waals surface area contributed by atoms with Crippen molar-refractivity contribution < 1.29 is 14.7 Å². The monoisotopic (exact) mass is 483 g/mol. The Morgan fingerprint density at radius 3 is 2.67 bits per heavy atom. The summed E-state index contributed by atoms with van der Waals surface area (Å²) in [5.74, 6) is 0.907. The Morgan fingerprint density at radius 2 is 1.92 bits per heavy atom. The van der Waals surface area contributed by atoms with Gasteiger partial charge < -0.3 is 21.1 Å². The van der Waals surface area contributed by atoms with Gasteiger partial charge in [0.25, 0.3) is 5.91 Å². The van der Waals surface area contributed by atoms with Gasteiger partial charge in [-0.3, -0.25) is 14.0 Å². The first-order valence-electron chi connectivity index (χ1n) is 11.6. The fourth-order valence-corrected chi connectivity index (χ4v) is 4.46. The number of aromatic nitrogens is 4. The maximum atomic E-state index is 12.6. The van der Waals surface area contributed by atoms with Gasteiger partial charge in [0.05, 0.1) is 11.2 Å². The van der Waals surface area contributed by atoms with E-state index in [0.29, 0.717) is 30.4 Å². The Bertz CT molecular complexity index is 1480. The van der Waals surface area contributed by atoms with Crippen LogP contribution in [0.25, 0.3) is 16.9 Å². The Labute approximate surface area is 207 Å². The molecule has 2 amide bonds. The summed E-state index contributed by atoms with van der Waals surface area (Å²) >= 11 is 0. The van der Waals surface area contributed by atoms with Crippen molar-refractivity contribution in [1.29, 1.82) is 0 Å². The zero-order chi connectivity index (χ0) is 25.2. The molecular weight excluding hydrogens is 458 g/mol. The van der Waals surface area contributed by atoms with Crippen molar-refractivity contribution in [1.82, 2.24) is 24.3 Å². The number of rotatable bonds is 5. The summed E-state index contributed by atoms with van der Waals surface area (Å²) in [5.41, 5.74) is 9.15. The predicted molar refractivity (Wildman–Crippen MR) is 135 cm³/mol. The van der Waals surface area contributed by atoms with E-state index in [4.69, 9.17) is 10.7 Å². The van der Waals surface area contributed by atoms with Crippen LogP contribution in [0, 0.1) is 0 Å². The number of amides is 2. The first kappa shape index (κ1) is 23.0. The van der Waals surface area contributed by atoms with E-state index in [1.807, 2.05) is 17.9 Å². The smallest absolute Gasteiger partial charge is 0.256 e. The van der Waals surface area contributed by atoms with Gasteiger partial charge in [0.15, 0.2) is 0 Å². The van der Waals surface area contributed by atoms with E-state index in [9.17, 15) is 14.7 Å². The molecular formula is C26H25N7O3. The van der Waals surface area contributed by atoms with Crippen LogP contribution in [-0.2, 0) is 4.79 Å². The predicted octanol–water partition coefficient (Wildman–Crippen LogP) is 3.22. The molecule has 4 N–H and O–H groups in total. The number of nitrogens with one attached hydrogen (secondary N) is 1. The van der Waals surface area contributed by atoms with Crippen molar-refractivity contribution in [2.45, 2.75) is 19.3 Å². The quantitative estimate of drug-likeness (QED) is 0.370. The number of nitrogens with zero attached hydrogens (tertiary/aromatic N) is 5. The van der Waals surface area contributed by atoms with Gasteiger partial charge in [-0.05, 0) is 43.7 Å². The van der Waals surface area contributed by atoms with Gasteiger partial charge in [0.1, 0.15) is 17.4 Å². The van der Waals surface area contributed by atoms with Crippen LogP contribution < -0.4 is 11.1 Å². The van der Waals surface area contributed by atoms with Crippen molar-refractivity contribution in [2.75, 3.05) is 24.1 Å². The average molecular weight is 484 g/mol. The molecule has 182 valence electrons. The van der Waals surface area contributed by atoms with Crippen LogP contribution in [0.15, 0.2) is 67.0 Å². The first-order chi connectivity index (χ1) is 17.4. The molecule has 1 aliphatic heterocycles. The maximum Gasteiger partial charge on any atom is 0.256 e. The molecule has 0 aliphatic carbocycles. The fraction of sp³-hybridized carbons (Fsp3) is 0.192. The minimum Gasteiger partial charge on any atom is -0.508 e. The van der Waals surface area contributed by atoms with Gasteiger partial charge >= 0.3 is 0 Å². The van der Waals surface area contributed by atoms with Crippen molar-refractivity contribution >= 4 is 29.1 Å². The third-order valence-electron chi connectivity index (χ3n) is 6.20. The van der Waals surface area contributed by atoms with Gasteiger partial charge in [-0.1, -0.05) is 18.2 Å². The largest absolute Gasteiger partial charge is 0.508 e. The second-order valence-corrected chi connectivity index (χ2v) is 8.54. The van der Waals surface area contributed by atoms with Crippen molar-refractivity contribution in [3.63, 3.8) is 0 Å². The third kappa shape index (κ3) is 4.36. The summed E-state index contributed by atoms with van der Waals surface area (Å²) in [5, 5.41) is 12.2. The number of allylic oxidation sites excluding steroid dienone is 1. The second kappa shape index (κ2) is 9.49. The van der Waals surface area contributed by atoms with E-state index in [1.165, 1.54) is 18.3 Å². The molecule has 0 bridgehead atoms. The Balaban J connectivity index is 1.44. The van der Waals surface area contributed by atoms with E-state index in [-0.39, 0.29) is 29.3 Å². The number of nitrogens with two attached hydrogens (primary N) is 1. The lowest BCUT2D eigenvalue weighted by molar-refractivity contribution is -0.125. The van der Waals surface area contributed by atoms with Crippen LogP contribution >= 0.6 is 0 Å². The molecule has 1 unspecified atom stereocenters. The number of hydrogen-bond donors (Lipinski definition) is 3. The van der Waals surface area contributed by atoms with Crippen LogP contribution in [-0.4, -0.2) is 54.3 Å². The van der Waals surface area contributed by atoms with E-state index < -0.39 is 0 Å². The molecule has 5 rings (SSSR count). The van der Waals surface area contributed by atoms with E-state index in [2.05, 4.69) is 15.3 Å². The zero-order valence-corrected chi connectivity index (χ0v) is 19.6. The molecule has 0 spiro atoms. The number of hydrogen-bond acceptors (Lipinski definition) is 7. The molecule has 4 aromatic rings. The molecule has 1 aliphatic rings. The summed E-state index contributed by atoms with van der Waals surface area (Å²) < 4.78 is 1.80. The molecule has 1 saturated heterocycles. The Hall–Kier alpha value is -4.73. The van der Waals surface area contributed by atoms with Crippen LogP contribution in [0.3, 0.4) is 0 Å². The number of benzene rings is 1. The molecule has 3 aromatic heterocycles. The number of nitrogen functional groups attached to an aromatic ring is 1. The lowest BCUT2D eigenvalue weighted by atomic mass is 10.0. The normalized spacial score (nSPS) is 15.6. The molecule has 10 nitrogen and oxygen atoms in total. The average Bonchev–Trinajstić information content (AvgIpc) is 3.50. The standard InChI is InChI=1S/C26H25N7O3/c1-2-3-22(35)32-13-10-18(15-32)23-20-9-12-29-26(27)33(20)24(31-23)16-4-6-17(7-5-16)25(36)30-21-14-19(34)8-11-28-21/h2-9,11-12,14,18H,10,13,15H2,1H3,(H2,27,29)(H2,28,30,34,36)/b3-2+.